The third-order valence-corrected chi connectivity index (χ3v) is 4.19. The molecule has 0 heterocycles. The van der Waals surface area contributed by atoms with Crippen molar-refractivity contribution >= 4 is 31.6 Å². The van der Waals surface area contributed by atoms with Crippen molar-refractivity contribution in [2.24, 2.45) is 0 Å². The fourth-order valence-corrected chi connectivity index (χ4v) is 3.03. The Bertz CT molecular complexity index is 750. The van der Waals surface area contributed by atoms with Crippen LogP contribution < -0.4 is 16.4 Å². The number of anilines is 2. The van der Waals surface area contributed by atoms with Crippen molar-refractivity contribution in [3.8, 4) is 0 Å². The standard InChI is InChI=1S/C16H19FN3O2P/c1-16(2,12-5-3-10(17)7-15(12)23)9-19-14-6-4-11(20(21)22)8-13(14)18/h3-8,19H,9,18,23H2,1-2H3. The summed E-state index contributed by atoms with van der Waals surface area (Å²) >= 11 is 0. The van der Waals surface area contributed by atoms with Crippen molar-refractivity contribution in [1.29, 1.82) is 0 Å². The molecule has 7 heteroatoms. The van der Waals surface area contributed by atoms with Crippen LogP contribution in [0.4, 0.5) is 21.5 Å². The zero-order chi connectivity index (χ0) is 17.2. The molecule has 5 nitrogen and oxygen atoms in total. The van der Waals surface area contributed by atoms with Gasteiger partial charge in [-0.2, -0.15) is 0 Å². The normalized spacial score (nSPS) is 11.3. The van der Waals surface area contributed by atoms with Gasteiger partial charge in [-0.05, 0) is 29.1 Å². The highest BCUT2D eigenvalue weighted by molar-refractivity contribution is 7.27. The number of halogens is 1. The molecule has 1 atom stereocenters. The number of nitrogens with zero attached hydrogens (tertiary/aromatic N) is 1. The summed E-state index contributed by atoms with van der Waals surface area (Å²) in [5.41, 5.74) is 7.49. The summed E-state index contributed by atoms with van der Waals surface area (Å²) in [5, 5.41) is 14.7. The molecule has 0 saturated heterocycles. The third-order valence-electron chi connectivity index (χ3n) is 3.71. The smallest absolute Gasteiger partial charge is 0.271 e. The molecule has 0 radical (unpaired) electrons. The number of nitrogen functional groups attached to an aromatic ring is 1. The van der Waals surface area contributed by atoms with Crippen LogP contribution >= 0.6 is 9.24 Å². The van der Waals surface area contributed by atoms with Crippen LogP contribution in [0.1, 0.15) is 19.4 Å². The van der Waals surface area contributed by atoms with Crippen LogP contribution in [0.5, 0.6) is 0 Å². The van der Waals surface area contributed by atoms with Crippen LogP contribution in [-0.2, 0) is 5.41 Å². The van der Waals surface area contributed by atoms with E-state index in [0.29, 0.717) is 17.9 Å². The highest BCUT2D eigenvalue weighted by Gasteiger charge is 2.23. The molecule has 0 amide bonds. The van der Waals surface area contributed by atoms with Crippen molar-refractivity contribution in [2.45, 2.75) is 19.3 Å². The van der Waals surface area contributed by atoms with Crippen molar-refractivity contribution in [3.63, 3.8) is 0 Å². The Hall–Kier alpha value is -2.20. The first-order chi connectivity index (χ1) is 10.7. The predicted octanol–water partition coefficient (Wildman–Crippen LogP) is 3.21. The summed E-state index contributed by atoms with van der Waals surface area (Å²) in [7, 11) is 2.54. The quantitative estimate of drug-likeness (QED) is 0.380. The lowest BCUT2D eigenvalue weighted by Crippen LogP contribution is -2.31. The number of non-ortho nitro benzene ring substituents is 1. The van der Waals surface area contributed by atoms with E-state index in [1.807, 2.05) is 13.8 Å². The van der Waals surface area contributed by atoms with Crippen LogP contribution in [0, 0.1) is 15.9 Å². The predicted molar refractivity (Wildman–Crippen MR) is 94.8 cm³/mol. The van der Waals surface area contributed by atoms with E-state index >= 15 is 0 Å². The van der Waals surface area contributed by atoms with Gasteiger partial charge in [-0.1, -0.05) is 19.9 Å². The lowest BCUT2D eigenvalue weighted by Gasteiger charge is -2.28. The molecule has 1 unspecified atom stereocenters. The topological polar surface area (TPSA) is 81.2 Å². The maximum absolute atomic E-state index is 13.2. The lowest BCUT2D eigenvalue weighted by atomic mass is 9.84. The summed E-state index contributed by atoms with van der Waals surface area (Å²) in [6, 6.07) is 9.00. The molecular weight excluding hydrogens is 316 g/mol. The van der Waals surface area contributed by atoms with Crippen molar-refractivity contribution in [3.05, 3.63) is 57.9 Å². The van der Waals surface area contributed by atoms with Gasteiger partial charge < -0.3 is 11.1 Å². The number of nitrogens with two attached hydrogens (primary N) is 1. The van der Waals surface area contributed by atoms with E-state index in [1.54, 1.807) is 12.1 Å². The number of hydrogen-bond donors (Lipinski definition) is 2. The Labute approximate surface area is 136 Å². The van der Waals surface area contributed by atoms with E-state index in [-0.39, 0.29) is 16.9 Å². The highest BCUT2D eigenvalue weighted by atomic mass is 31.0. The first-order valence-corrected chi connectivity index (χ1v) is 7.62. The molecule has 0 aromatic heterocycles. The molecule has 2 aromatic carbocycles. The van der Waals surface area contributed by atoms with Crippen molar-refractivity contribution in [1.82, 2.24) is 0 Å². The average molecular weight is 335 g/mol. The molecular formula is C16H19FN3O2P. The molecule has 0 aliphatic heterocycles. The van der Waals surface area contributed by atoms with Crippen LogP contribution in [0.15, 0.2) is 36.4 Å². The molecule has 0 aliphatic carbocycles. The van der Waals surface area contributed by atoms with Gasteiger partial charge in [0.05, 0.1) is 16.3 Å². The van der Waals surface area contributed by atoms with E-state index in [2.05, 4.69) is 14.6 Å². The fourth-order valence-electron chi connectivity index (χ4n) is 2.39. The summed E-state index contributed by atoms with van der Waals surface area (Å²) in [6.07, 6.45) is 0. The molecule has 0 fully saturated rings. The Balaban J connectivity index is 2.17. The fraction of sp³-hybridized carbons (Fsp3) is 0.250. The van der Waals surface area contributed by atoms with Gasteiger partial charge in [0.15, 0.2) is 0 Å². The molecule has 0 saturated carbocycles. The van der Waals surface area contributed by atoms with Crippen LogP contribution in [0.3, 0.4) is 0 Å². The molecule has 3 N–H and O–H groups in total. The second-order valence-corrected chi connectivity index (χ2v) is 6.62. The van der Waals surface area contributed by atoms with Gasteiger partial charge in [0.1, 0.15) is 5.82 Å². The maximum atomic E-state index is 13.2. The number of benzene rings is 2. The monoisotopic (exact) mass is 335 g/mol. The summed E-state index contributed by atoms with van der Waals surface area (Å²) in [4.78, 5) is 10.2. The minimum atomic E-state index is -0.483. The van der Waals surface area contributed by atoms with Crippen LogP contribution in [-0.4, -0.2) is 11.5 Å². The van der Waals surface area contributed by atoms with Crippen molar-refractivity contribution < 1.29 is 9.31 Å². The van der Waals surface area contributed by atoms with Gasteiger partial charge in [-0.15, -0.1) is 9.24 Å². The zero-order valence-electron chi connectivity index (χ0n) is 13.0. The first kappa shape index (κ1) is 17.2. The molecule has 2 aromatic rings. The lowest BCUT2D eigenvalue weighted by molar-refractivity contribution is -0.384. The Kier molecular flexibility index (Phi) is 4.85. The van der Waals surface area contributed by atoms with Gasteiger partial charge in [0.2, 0.25) is 0 Å². The van der Waals surface area contributed by atoms with Crippen LogP contribution in [0.25, 0.3) is 0 Å². The highest BCUT2D eigenvalue weighted by Crippen LogP contribution is 2.28. The summed E-state index contributed by atoms with van der Waals surface area (Å²) in [6.45, 7) is 4.60. The second kappa shape index (κ2) is 6.50. The molecule has 2 rings (SSSR count). The third kappa shape index (κ3) is 3.96. The second-order valence-electron chi connectivity index (χ2n) is 6.00. The van der Waals surface area contributed by atoms with Gasteiger partial charge >= 0.3 is 0 Å². The van der Waals surface area contributed by atoms with E-state index in [0.717, 1.165) is 10.9 Å². The SMILES string of the molecule is CC(C)(CNc1ccc([N+](=O)[O-])cc1N)c1ccc(F)cc1P. The maximum Gasteiger partial charge on any atom is 0.271 e. The molecule has 23 heavy (non-hydrogen) atoms. The largest absolute Gasteiger partial charge is 0.397 e. The Morgan fingerprint density at radius 1 is 1.30 bits per heavy atom. The van der Waals surface area contributed by atoms with E-state index in [1.165, 1.54) is 24.3 Å². The number of nitrogens with one attached hydrogen (secondary N) is 1. The molecule has 0 aliphatic rings. The molecule has 122 valence electrons. The van der Waals surface area contributed by atoms with Gasteiger partial charge in [-0.3, -0.25) is 10.1 Å². The number of hydrogen-bond acceptors (Lipinski definition) is 4. The van der Waals surface area contributed by atoms with Crippen molar-refractivity contribution in [2.75, 3.05) is 17.6 Å². The van der Waals surface area contributed by atoms with Gasteiger partial charge in [0, 0.05) is 24.1 Å². The van der Waals surface area contributed by atoms with E-state index < -0.39 is 4.92 Å². The van der Waals surface area contributed by atoms with E-state index in [4.69, 9.17) is 5.73 Å². The van der Waals surface area contributed by atoms with Gasteiger partial charge in [-0.25, -0.2) is 4.39 Å². The number of nitro groups is 1. The number of nitro benzene ring substituents is 1. The van der Waals surface area contributed by atoms with Crippen LogP contribution in [0.2, 0.25) is 0 Å². The molecule has 0 spiro atoms. The Morgan fingerprint density at radius 3 is 2.57 bits per heavy atom. The zero-order valence-corrected chi connectivity index (χ0v) is 14.1. The Morgan fingerprint density at radius 2 is 2.00 bits per heavy atom. The number of rotatable bonds is 5. The summed E-state index contributed by atoms with van der Waals surface area (Å²) in [5.74, 6) is -0.276. The minimum absolute atomic E-state index is 0.0434. The summed E-state index contributed by atoms with van der Waals surface area (Å²) < 4.78 is 13.2. The van der Waals surface area contributed by atoms with E-state index in [9.17, 15) is 14.5 Å². The molecule has 0 bridgehead atoms. The average Bonchev–Trinajstić information content (AvgIpc) is 2.45. The minimum Gasteiger partial charge on any atom is -0.397 e. The first-order valence-electron chi connectivity index (χ1n) is 7.04. The van der Waals surface area contributed by atoms with Gasteiger partial charge in [0.25, 0.3) is 5.69 Å².